The van der Waals surface area contributed by atoms with Gasteiger partial charge in [-0.1, -0.05) is 18.2 Å². The van der Waals surface area contributed by atoms with Crippen molar-refractivity contribution in [1.82, 2.24) is 15.6 Å². The highest BCUT2D eigenvalue weighted by molar-refractivity contribution is 14.0. The van der Waals surface area contributed by atoms with Crippen LogP contribution in [-0.4, -0.2) is 56.2 Å². The lowest BCUT2D eigenvalue weighted by atomic mass is 10.2. The Hall–Kier alpha value is -2.40. The minimum Gasteiger partial charge on any atom is -0.375 e. The average molecular weight is 564 g/mol. The van der Waals surface area contributed by atoms with E-state index < -0.39 is 0 Å². The predicted octanol–water partition coefficient (Wildman–Crippen LogP) is 2.92. The van der Waals surface area contributed by atoms with Crippen molar-refractivity contribution in [2.24, 2.45) is 4.99 Å². The third-order valence-electron chi connectivity index (χ3n) is 5.84. The molecule has 1 unspecified atom stereocenters. The van der Waals surface area contributed by atoms with E-state index in [2.05, 4.69) is 56.7 Å². The van der Waals surface area contributed by atoms with Crippen LogP contribution in [0.15, 0.2) is 47.6 Å². The molecule has 2 aromatic rings. The summed E-state index contributed by atoms with van der Waals surface area (Å²) in [4.78, 5) is 24.9. The summed E-state index contributed by atoms with van der Waals surface area (Å²) < 4.78 is 5.60. The first-order valence-electron chi connectivity index (χ1n) is 11.3. The number of ether oxygens (including phenoxy) is 1. The van der Waals surface area contributed by atoms with E-state index in [9.17, 15) is 4.79 Å². The number of halogens is 1. The lowest BCUT2D eigenvalue weighted by Crippen LogP contribution is -2.41. The molecule has 2 fully saturated rings. The van der Waals surface area contributed by atoms with Gasteiger partial charge in [-0.2, -0.15) is 0 Å². The third-order valence-corrected chi connectivity index (χ3v) is 5.84. The Kier molecular flexibility index (Phi) is 9.30. The van der Waals surface area contributed by atoms with Crippen LogP contribution < -0.4 is 20.4 Å². The van der Waals surface area contributed by atoms with Crippen molar-refractivity contribution >= 4 is 47.3 Å². The van der Waals surface area contributed by atoms with Gasteiger partial charge < -0.3 is 25.2 Å². The molecule has 0 spiro atoms. The maximum absolute atomic E-state index is 11.9. The molecule has 0 saturated carbocycles. The van der Waals surface area contributed by atoms with Gasteiger partial charge in [-0.25, -0.2) is 4.98 Å². The summed E-state index contributed by atoms with van der Waals surface area (Å²) in [5.74, 6) is 1.93. The first-order valence-corrected chi connectivity index (χ1v) is 11.3. The molecule has 9 heteroatoms. The number of carbonyl (C=O) groups is 1. The molecule has 178 valence electrons. The molecule has 2 saturated heterocycles. The molecule has 2 N–H and O–H groups in total. The smallest absolute Gasteiger partial charge is 0.227 e. The summed E-state index contributed by atoms with van der Waals surface area (Å²) in [6, 6.07) is 12.3. The number of hydrogen-bond acceptors (Lipinski definition) is 5. The summed E-state index contributed by atoms with van der Waals surface area (Å²) in [7, 11) is 1.76. The second kappa shape index (κ2) is 12.2. The molecular weight excluding hydrogens is 531 g/mol. The van der Waals surface area contributed by atoms with E-state index in [0.29, 0.717) is 19.5 Å². The first-order chi connectivity index (χ1) is 15.6. The Morgan fingerprint density at radius 2 is 1.85 bits per heavy atom. The Morgan fingerprint density at radius 1 is 1.12 bits per heavy atom. The second-order valence-corrected chi connectivity index (χ2v) is 8.25. The zero-order valence-electron chi connectivity index (χ0n) is 19.3. The van der Waals surface area contributed by atoms with Crippen molar-refractivity contribution in [3.8, 4) is 0 Å². The SMILES string of the molecule is CN=C(NCc1ccc(N2CCCC2=O)cc1)NCc1ccc(N2CCOC(C)C2)nc1.I. The monoisotopic (exact) mass is 564 g/mol. The van der Waals surface area contributed by atoms with Gasteiger partial charge in [0.15, 0.2) is 5.96 Å². The number of nitrogens with one attached hydrogen (secondary N) is 2. The molecule has 2 aliphatic rings. The summed E-state index contributed by atoms with van der Waals surface area (Å²) in [5.41, 5.74) is 3.20. The maximum Gasteiger partial charge on any atom is 0.227 e. The number of aliphatic imine (C=N–C) groups is 1. The van der Waals surface area contributed by atoms with E-state index in [4.69, 9.17) is 4.74 Å². The Morgan fingerprint density at radius 3 is 2.45 bits per heavy atom. The quantitative estimate of drug-likeness (QED) is 0.319. The van der Waals surface area contributed by atoms with Gasteiger partial charge in [0.05, 0.1) is 12.7 Å². The number of anilines is 2. The number of pyridine rings is 1. The standard InChI is InChI=1S/C24H32N6O2.HI/c1-18-17-29(12-13-32-18)22-10-7-20(15-26-22)16-28-24(25-2)27-14-19-5-8-21(9-6-19)30-11-3-4-23(30)31;/h5-10,15,18H,3-4,11-14,16-17H2,1-2H3,(H2,25,27,28);1H. The average Bonchev–Trinajstić information content (AvgIpc) is 3.26. The van der Waals surface area contributed by atoms with Gasteiger partial charge >= 0.3 is 0 Å². The Labute approximate surface area is 212 Å². The number of morpholine rings is 1. The number of amides is 1. The van der Waals surface area contributed by atoms with Crippen molar-refractivity contribution in [3.63, 3.8) is 0 Å². The number of benzene rings is 1. The minimum absolute atomic E-state index is 0. The maximum atomic E-state index is 11.9. The molecule has 1 amide bonds. The third kappa shape index (κ3) is 6.80. The van der Waals surface area contributed by atoms with Gasteiger partial charge in [0.2, 0.25) is 5.91 Å². The van der Waals surface area contributed by atoms with Crippen LogP contribution in [0.1, 0.15) is 30.9 Å². The number of aromatic nitrogens is 1. The van der Waals surface area contributed by atoms with Crippen LogP contribution in [0.2, 0.25) is 0 Å². The lowest BCUT2D eigenvalue weighted by molar-refractivity contribution is -0.117. The van der Waals surface area contributed by atoms with Gasteiger partial charge in [-0.05, 0) is 42.7 Å². The number of guanidine groups is 1. The van der Waals surface area contributed by atoms with E-state index in [0.717, 1.165) is 61.3 Å². The molecule has 0 radical (unpaired) electrons. The van der Waals surface area contributed by atoms with Gasteiger partial charge in [-0.3, -0.25) is 9.79 Å². The number of nitrogens with zero attached hydrogens (tertiary/aromatic N) is 4. The number of rotatable bonds is 6. The summed E-state index contributed by atoms with van der Waals surface area (Å²) in [6.07, 6.45) is 3.74. The molecule has 8 nitrogen and oxygen atoms in total. The molecule has 1 atom stereocenters. The fraction of sp³-hybridized carbons (Fsp3) is 0.458. The van der Waals surface area contributed by atoms with Crippen LogP contribution in [0.3, 0.4) is 0 Å². The number of hydrogen-bond donors (Lipinski definition) is 2. The fourth-order valence-corrected chi connectivity index (χ4v) is 4.04. The zero-order chi connectivity index (χ0) is 22.3. The summed E-state index contributed by atoms with van der Waals surface area (Å²) in [6.45, 7) is 6.69. The predicted molar refractivity (Wildman–Crippen MR) is 142 cm³/mol. The van der Waals surface area contributed by atoms with Crippen molar-refractivity contribution in [2.75, 3.05) is 43.1 Å². The summed E-state index contributed by atoms with van der Waals surface area (Å²) >= 11 is 0. The van der Waals surface area contributed by atoms with Crippen LogP contribution in [-0.2, 0) is 22.6 Å². The molecule has 0 bridgehead atoms. The molecule has 33 heavy (non-hydrogen) atoms. The van der Waals surface area contributed by atoms with Crippen LogP contribution in [0.4, 0.5) is 11.5 Å². The largest absolute Gasteiger partial charge is 0.375 e. The molecule has 3 heterocycles. The van der Waals surface area contributed by atoms with Crippen LogP contribution >= 0.6 is 24.0 Å². The van der Waals surface area contributed by atoms with Gasteiger partial charge in [0.25, 0.3) is 0 Å². The van der Waals surface area contributed by atoms with Crippen LogP contribution in [0.25, 0.3) is 0 Å². The molecule has 1 aromatic carbocycles. The van der Waals surface area contributed by atoms with E-state index in [1.54, 1.807) is 7.05 Å². The van der Waals surface area contributed by atoms with Crippen molar-refractivity contribution in [2.45, 2.75) is 39.0 Å². The molecule has 1 aromatic heterocycles. The van der Waals surface area contributed by atoms with Crippen molar-refractivity contribution < 1.29 is 9.53 Å². The highest BCUT2D eigenvalue weighted by Gasteiger charge is 2.21. The van der Waals surface area contributed by atoms with E-state index >= 15 is 0 Å². The molecule has 2 aliphatic heterocycles. The van der Waals surface area contributed by atoms with E-state index in [1.807, 2.05) is 23.2 Å². The Bertz CT molecular complexity index is 935. The first kappa shape index (κ1) is 25.2. The fourth-order valence-electron chi connectivity index (χ4n) is 4.04. The van der Waals surface area contributed by atoms with E-state index in [-0.39, 0.29) is 36.0 Å². The van der Waals surface area contributed by atoms with Gasteiger partial charge in [0, 0.05) is 58.1 Å². The highest BCUT2D eigenvalue weighted by atomic mass is 127. The number of carbonyl (C=O) groups excluding carboxylic acids is 1. The van der Waals surface area contributed by atoms with Crippen LogP contribution in [0, 0.1) is 0 Å². The van der Waals surface area contributed by atoms with Crippen LogP contribution in [0.5, 0.6) is 0 Å². The molecule has 0 aliphatic carbocycles. The molecular formula is C24H33IN6O2. The highest BCUT2D eigenvalue weighted by Crippen LogP contribution is 2.21. The lowest BCUT2D eigenvalue weighted by Gasteiger charge is -2.32. The van der Waals surface area contributed by atoms with Crippen molar-refractivity contribution in [3.05, 3.63) is 53.7 Å². The van der Waals surface area contributed by atoms with Gasteiger partial charge in [-0.15, -0.1) is 24.0 Å². The molecule has 4 rings (SSSR count). The minimum atomic E-state index is 0. The van der Waals surface area contributed by atoms with Crippen molar-refractivity contribution in [1.29, 1.82) is 0 Å². The van der Waals surface area contributed by atoms with Gasteiger partial charge in [0.1, 0.15) is 5.82 Å². The summed E-state index contributed by atoms with van der Waals surface area (Å²) in [5, 5.41) is 6.67. The zero-order valence-corrected chi connectivity index (χ0v) is 21.6. The Balaban J connectivity index is 0.00000306. The normalized spacial score (nSPS) is 18.8. The topological polar surface area (TPSA) is 82.1 Å². The second-order valence-electron chi connectivity index (χ2n) is 8.25. The van der Waals surface area contributed by atoms with E-state index in [1.165, 1.54) is 0 Å².